The van der Waals surface area contributed by atoms with E-state index < -0.39 is 0 Å². The normalized spacial score (nSPS) is 19.5. The summed E-state index contributed by atoms with van der Waals surface area (Å²) in [7, 11) is 1.49. The Kier molecular flexibility index (Phi) is 3.34. The first-order valence-electron chi connectivity index (χ1n) is 7.46. The summed E-state index contributed by atoms with van der Waals surface area (Å²) in [5.74, 6) is -0.0218. The second kappa shape index (κ2) is 5.38. The van der Waals surface area contributed by atoms with E-state index in [4.69, 9.17) is 16.4 Å². The molecule has 6 nitrogen and oxygen atoms in total. The van der Waals surface area contributed by atoms with E-state index in [1.807, 2.05) is 21.6 Å². The van der Waals surface area contributed by atoms with Crippen molar-refractivity contribution in [2.75, 3.05) is 13.7 Å². The van der Waals surface area contributed by atoms with Gasteiger partial charge in [-0.05, 0) is 25.0 Å². The summed E-state index contributed by atoms with van der Waals surface area (Å²) in [4.78, 5) is 24.1. The van der Waals surface area contributed by atoms with Crippen LogP contribution in [0, 0.1) is 0 Å². The zero-order valence-electron chi connectivity index (χ0n) is 12.6. The molecule has 1 fully saturated rings. The van der Waals surface area contributed by atoms with Gasteiger partial charge in [0.15, 0.2) is 0 Å². The lowest BCUT2D eigenvalue weighted by Crippen LogP contribution is -2.30. The molecular weight excluding hydrogens is 316 g/mol. The van der Waals surface area contributed by atoms with Crippen molar-refractivity contribution in [3.8, 4) is 5.69 Å². The van der Waals surface area contributed by atoms with Gasteiger partial charge in [0.2, 0.25) is 0 Å². The smallest absolute Gasteiger partial charge is 0.258 e. The van der Waals surface area contributed by atoms with Gasteiger partial charge in [-0.2, -0.15) is 0 Å². The number of imidazole rings is 1. The average molecular weight is 331 g/mol. The van der Waals surface area contributed by atoms with Gasteiger partial charge in [-0.25, -0.2) is 4.98 Å². The number of aromatic nitrogens is 2. The maximum absolute atomic E-state index is 13.0. The van der Waals surface area contributed by atoms with Gasteiger partial charge in [-0.15, -0.1) is 0 Å². The predicted molar refractivity (Wildman–Crippen MR) is 86.2 cm³/mol. The minimum absolute atomic E-state index is 0.0215. The van der Waals surface area contributed by atoms with Gasteiger partial charge in [0.05, 0.1) is 34.2 Å². The monoisotopic (exact) mass is 330 g/mol. The van der Waals surface area contributed by atoms with Crippen LogP contribution < -0.4 is 0 Å². The number of hydrogen-bond donors (Lipinski definition) is 0. The molecule has 118 valence electrons. The van der Waals surface area contributed by atoms with E-state index in [0.717, 1.165) is 30.8 Å². The van der Waals surface area contributed by atoms with Crippen molar-refractivity contribution in [1.29, 1.82) is 0 Å². The molecule has 1 aromatic heterocycles. The number of carbonyl (C=O) groups excluding carboxylic acids is 1. The quantitative estimate of drug-likeness (QED) is 0.628. The molecule has 2 aromatic rings. The third kappa shape index (κ3) is 2.05. The van der Waals surface area contributed by atoms with Crippen molar-refractivity contribution in [1.82, 2.24) is 14.5 Å². The van der Waals surface area contributed by atoms with E-state index in [1.54, 1.807) is 18.6 Å². The Hall–Kier alpha value is -2.34. The minimum atomic E-state index is -0.0218. The summed E-state index contributed by atoms with van der Waals surface area (Å²) in [5.41, 5.74) is 2.96. The van der Waals surface area contributed by atoms with Gasteiger partial charge >= 0.3 is 0 Å². The van der Waals surface area contributed by atoms with Crippen LogP contribution in [0.25, 0.3) is 5.69 Å². The number of fused-ring (bicyclic) bond motifs is 5. The van der Waals surface area contributed by atoms with Crippen LogP contribution in [0.5, 0.6) is 0 Å². The predicted octanol–water partition coefficient (Wildman–Crippen LogP) is 2.80. The molecule has 0 spiro atoms. The highest BCUT2D eigenvalue weighted by Gasteiger charge is 2.39. The molecule has 2 aliphatic heterocycles. The fraction of sp³-hybridized carbons (Fsp3) is 0.312. The molecule has 0 unspecified atom stereocenters. The number of rotatable bonds is 2. The molecule has 0 bridgehead atoms. The first kappa shape index (κ1) is 14.3. The molecule has 1 aromatic carbocycles. The van der Waals surface area contributed by atoms with Crippen molar-refractivity contribution in [2.45, 2.75) is 18.9 Å². The molecule has 2 aliphatic rings. The Morgan fingerprint density at radius 2 is 2.35 bits per heavy atom. The number of halogens is 1. The molecule has 4 rings (SSSR count). The molecule has 1 atom stereocenters. The molecular formula is C16H15ClN4O2. The zero-order chi connectivity index (χ0) is 16.0. The van der Waals surface area contributed by atoms with Gasteiger partial charge in [0, 0.05) is 6.54 Å². The van der Waals surface area contributed by atoms with Crippen LogP contribution in [0.2, 0.25) is 5.02 Å². The number of oxime groups is 1. The summed E-state index contributed by atoms with van der Waals surface area (Å²) >= 11 is 6.33. The lowest BCUT2D eigenvalue weighted by Gasteiger charge is -2.22. The molecule has 0 radical (unpaired) electrons. The van der Waals surface area contributed by atoms with Gasteiger partial charge in [0.1, 0.15) is 19.1 Å². The van der Waals surface area contributed by atoms with E-state index >= 15 is 0 Å². The highest BCUT2D eigenvalue weighted by molar-refractivity contribution is 6.34. The van der Waals surface area contributed by atoms with Crippen molar-refractivity contribution >= 4 is 23.7 Å². The van der Waals surface area contributed by atoms with Crippen molar-refractivity contribution in [2.24, 2.45) is 5.16 Å². The van der Waals surface area contributed by atoms with E-state index in [9.17, 15) is 4.79 Å². The molecule has 1 saturated heterocycles. The molecule has 0 aliphatic carbocycles. The Balaban J connectivity index is 2.00. The van der Waals surface area contributed by atoms with E-state index in [1.165, 1.54) is 7.11 Å². The van der Waals surface area contributed by atoms with Crippen molar-refractivity contribution < 1.29 is 9.63 Å². The second-order valence-corrected chi connectivity index (χ2v) is 6.00. The summed E-state index contributed by atoms with van der Waals surface area (Å²) in [5, 5.41) is 4.29. The Labute approximate surface area is 138 Å². The summed E-state index contributed by atoms with van der Waals surface area (Å²) in [6, 6.07) is 5.46. The van der Waals surface area contributed by atoms with Crippen LogP contribution in [-0.2, 0) is 4.84 Å². The lowest BCUT2D eigenvalue weighted by atomic mass is 10.1. The fourth-order valence-electron chi connectivity index (χ4n) is 3.46. The highest BCUT2D eigenvalue weighted by atomic mass is 35.5. The summed E-state index contributed by atoms with van der Waals surface area (Å²) in [6.07, 6.45) is 5.16. The van der Waals surface area contributed by atoms with Crippen LogP contribution in [0.1, 0.15) is 40.6 Å². The van der Waals surface area contributed by atoms with Crippen molar-refractivity contribution in [3.05, 3.63) is 46.5 Å². The highest BCUT2D eigenvalue weighted by Crippen LogP contribution is 2.40. The van der Waals surface area contributed by atoms with Crippen LogP contribution >= 0.6 is 11.6 Å². The van der Waals surface area contributed by atoms with Crippen LogP contribution in [0.3, 0.4) is 0 Å². The van der Waals surface area contributed by atoms with Crippen LogP contribution in [0.4, 0.5) is 0 Å². The van der Waals surface area contributed by atoms with Crippen LogP contribution in [-0.4, -0.2) is 40.2 Å². The Morgan fingerprint density at radius 3 is 3.17 bits per heavy atom. The summed E-state index contributed by atoms with van der Waals surface area (Å²) < 4.78 is 1.95. The number of carbonyl (C=O) groups is 1. The first-order chi connectivity index (χ1) is 11.2. The van der Waals surface area contributed by atoms with E-state index in [0.29, 0.717) is 16.3 Å². The number of nitrogens with zero attached hydrogens (tertiary/aromatic N) is 4. The van der Waals surface area contributed by atoms with Gasteiger partial charge in [-0.3, -0.25) is 9.36 Å². The third-order valence-corrected chi connectivity index (χ3v) is 4.72. The zero-order valence-corrected chi connectivity index (χ0v) is 13.3. The fourth-order valence-corrected chi connectivity index (χ4v) is 3.71. The van der Waals surface area contributed by atoms with E-state index in [2.05, 4.69) is 10.1 Å². The molecule has 3 heterocycles. The molecule has 7 heteroatoms. The topological polar surface area (TPSA) is 59.7 Å². The van der Waals surface area contributed by atoms with Crippen molar-refractivity contribution in [3.63, 3.8) is 0 Å². The minimum Gasteiger partial charge on any atom is -0.399 e. The summed E-state index contributed by atoms with van der Waals surface area (Å²) in [6.45, 7) is 0.722. The molecule has 0 N–H and O–H groups in total. The van der Waals surface area contributed by atoms with Crippen LogP contribution in [0.15, 0.2) is 29.7 Å². The Morgan fingerprint density at radius 1 is 1.48 bits per heavy atom. The maximum Gasteiger partial charge on any atom is 0.258 e. The molecule has 1 amide bonds. The van der Waals surface area contributed by atoms with E-state index in [-0.39, 0.29) is 11.9 Å². The van der Waals surface area contributed by atoms with Gasteiger partial charge in [-0.1, -0.05) is 22.8 Å². The number of hydrogen-bond acceptors (Lipinski definition) is 4. The number of benzene rings is 1. The molecule has 0 saturated carbocycles. The Bertz CT molecular complexity index is 814. The first-order valence-corrected chi connectivity index (χ1v) is 7.83. The molecule has 23 heavy (non-hydrogen) atoms. The second-order valence-electron chi connectivity index (χ2n) is 5.59. The third-order valence-electron chi connectivity index (χ3n) is 4.41. The largest absolute Gasteiger partial charge is 0.399 e. The standard InChI is InChI=1S/C16H15ClN4O2/c1-23-19-8-11-15-13-6-3-7-20(13)16(22)14-10(17)4-2-5-12(14)21(15)9-18-11/h2,4-5,8-9,13H,3,6-7H2,1H3/t13-/m0/s1. The number of amides is 1. The maximum atomic E-state index is 13.0. The van der Waals surface area contributed by atoms with Gasteiger partial charge in [0.25, 0.3) is 5.91 Å². The van der Waals surface area contributed by atoms with Gasteiger partial charge < -0.3 is 9.74 Å². The average Bonchev–Trinajstić information content (AvgIpc) is 3.16. The lowest BCUT2D eigenvalue weighted by molar-refractivity contribution is 0.0739. The SMILES string of the molecule is CON=Cc1ncn2c1[C@@H]1CCCN1C(=O)c1c(Cl)cccc1-2.